The summed E-state index contributed by atoms with van der Waals surface area (Å²) < 4.78 is 6.59. The standard InChI is InChI=1S/C20H21N3O4S/c1-4-10-23-11-21-18-15(19(23)25)12(3)16(28-18)17(24)22-14-9-7-6-8-13(14)20(26)27-5-2/h6-9,11H,4-5,10H2,1-3H3,(H,22,24). The van der Waals surface area contributed by atoms with Gasteiger partial charge >= 0.3 is 5.97 Å². The lowest BCUT2D eigenvalue weighted by molar-refractivity contribution is 0.0527. The summed E-state index contributed by atoms with van der Waals surface area (Å²) in [7, 11) is 0. The van der Waals surface area contributed by atoms with Gasteiger partial charge in [-0.2, -0.15) is 0 Å². The molecule has 3 aromatic rings. The normalized spacial score (nSPS) is 10.8. The zero-order valence-electron chi connectivity index (χ0n) is 15.9. The van der Waals surface area contributed by atoms with Crippen molar-refractivity contribution < 1.29 is 14.3 Å². The van der Waals surface area contributed by atoms with Crippen LogP contribution in [0.15, 0.2) is 35.4 Å². The maximum Gasteiger partial charge on any atom is 0.340 e. The van der Waals surface area contributed by atoms with Gasteiger partial charge in [0.15, 0.2) is 0 Å². The molecule has 0 saturated heterocycles. The summed E-state index contributed by atoms with van der Waals surface area (Å²) in [5.41, 5.74) is 1.08. The van der Waals surface area contributed by atoms with E-state index in [1.807, 2.05) is 6.92 Å². The van der Waals surface area contributed by atoms with Crippen LogP contribution in [0.3, 0.4) is 0 Å². The number of nitrogens with zero attached hydrogens (tertiary/aromatic N) is 2. The monoisotopic (exact) mass is 399 g/mol. The molecule has 0 aliphatic heterocycles. The van der Waals surface area contributed by atoms with Crippen molar-refractivity contribution in [3.05, 3.63) is 57.0 Å². The quantitative estimate of drug-likeness (QED) is 0.640. The Balaban J connectivity index is 1.97. The van der Waals surface area contributed by atoms with Crippen LogP contribution in [0.4, 0.5) is 5.69 Å². The number of ether oxygens (including phenoxy) is 1. The Hall–Kier alpha value is -3.00. The van der Waals surface area contributed by atoms with E-state index in [1.165, 1.54) is 6.33 Å². The zero-order chi connectivity index (χ0) is 20.3. The lowest BCUT2D eigenvalue weighted by Gasteiger charge is -2.10. The van der Waals surface area contributed by atoms with Crippen LogP contribution in [-0.2, 0) is 11.3 Å². The smallest absolute Gasteiger partial charge is 0.340 e. The van der Waals surface area contributed by atoms with Gasteiger partial charge in [0, 0.05) is 6.54 Å². The van der Waals surface area contributed by atoms with E-state index in [0.717, 1.165) is 17.8 Å². The van der Waals surface area contributed by atoms with E-state index in [-0.39, 0.29) is 17.7 Å². The fraction of sp³-hybridized carbons (Fsp3) is 0.300. The number of carbonyl (C=O) groups is 2. The highest BCUT2D eigenvalue weighted by Gasteiger charge is 2.21. The largest absolute Gasteiger partial charge is 0.462 e. The van der Waals surface area contributed by atoms with Crippen LogP contribution in [0.1, 0.15) is 45.9 Å². The second-order valence-electron chi connectivity index (χ2n) is 6.20. The minimum absolute atomic E-state index is 0.147. The fourth-order valence-corrected chi connectivity index (χ4v) is 3.97. The summed E-state index contributed by atoms with van der Waals surface area (Å²) >= 11 is 1.16. The summed E-state index contributed by atoms with van der Waals surface area (Å²) in [5, 5.41) is 3.22. The molecule has 28 heavy (non-hydrogen) atoms. The van der Waals surface area contributed by atoms with Gasteiger partial charge < -0.3 is 10.1 Å². The van der Waals surface area contributed by atoms with Crippen LogP contribution in [0.25, 0.3) is 10.2 Å². The van der Waals surface area contributed by atoms with Crippen LogP contribution >= 0.6 is 11.3 Å². The van der Waals surface area contributed by atoms with Gasteiger partial charge in [0.1, 0.15) is 4.83 Å². The summed E-state index contributed by atoms with van der Waals surface area (Å²) in [6.07, 6.45) is 2.33. The van der Waals surface area contributed by atoms with Gasteiger partial charge in [-0.05, 0) is 38.0 Å². The summed E-state index contributed by atoms with van der Waals surface area (Å²) in [5.74, 6) is -0.894. The van der Waals surface area contributed by atoms with Crippen molar-refractivity contribution in [2.75, 3.05) is 11.9 Å². The number of esters is 1. The summed E-state index contributed by atoms with van der Waals surface area (Å²) in [6.45, 7) is 6.26. The van der Waals surface area contributed by atoms with Crippen LogP contribution in [-0.4, -0.2) is 28.0 Å². The molecule has 7 nitrogen and oxygen atoms in total. The lowest BCUT2D eigenvalue weighted by atomic mass is 10.1. The molecule has 1 amide bonds. The molecule has 0 spiro atoms. The van der Waals surface area contributed by atoms with E-state index in [1.54, 1.807) is 42.7 Å². The van der Waals surface area contributed by atoms with E-state index in [9.17, 15) is 14.4 Å². The topological polar surface area (TPSA) is 90.3 Å². The molecule has 8 heteroatoms. The van der Waals surface area contributed by atoms with Gasteiger partial charge in [0.05, 0.1) is 34.4 Å². The molecule has 0 unspecified atom stereocenters. The van der Waals surface area contributed by atoms with Gasteiger partial charge in [-0.3, -0.25) is 14.2 Å². The lowest BCUT2D eigenvalue weighted by Crippen LogP contribution is -2.20. The second-order valence-corrected chi connectivity index (χ2v) is 7.20. The number of carbonyl (C=O) groups excluding carboxylic acids is 2. The maximum absolute atomic E-state index is 12.9. The number of aryl methyl sites for hydroxylation is 2. The molecule has 1 aromatic carbocycles. The Morgan fingerprint density at radius 2 is 2.00 bits per heavy atom. The number of benzene rings is 1. The molecule has 0 aliphatic carbocycles. The number of amides is 1. The number of anilines is 1. The Morgan fingerprint density at radius 1 is 1.25 bits per heavy atom. The highest BCUT2D eigenvalue weighted by Crippen LogP contribution is 2.28. The average molecular weight is 399 g/mol. The zero-order valence-corrected chi connectivity index (χ0v) is 16.8. The van der Waals surface area contributed by atoms with E-state index in [4.69, 9.17) is 4.74 Å². The number of nitrogens with one attached hydrogen (secondary N) is 1. The third-order valence-corrected chi connectivity index (χ3v) is 5.46. The van der Waals surface area contributed by atoms with Gasteiger partial charge in [-0.25, -0.2) is 9.78 Å². The first-order valence-electron chi connectivity index (χ1n) is 9.03. The summed E-state index contributed by atoms with van der Waals surface area (Å²) in [6, 6.07) is 6.66. The van der Waals surface area contributed by atoms with E-state index in [2.05, 4.69) is 10.3 Å². The molecule has 0 bridgehead atoms. The van der Waals surface area contributed by atoms with Crippen molar-refractivity contribution in [3.8, 4) is 0 Å². The highest BCUT2D eigenvalue weighted by atomic mass is 32.1. The molecule has 2 heterocycles. The third-order valence-electron chi connectivity index (χ3n) is 4.26. The van der Waals surface area contributed by atoms with Crippen molar-refractivity contribution >= 4 is 39.1 Å². The van der Waals surface area contributed by atoms with Crippen LogP contribution in [0.5, 0.6) is 0 Å². The predicted molar refractivity (Wildman–Crippen MR) is 109 cm³/mol. The number of aromatic nitrogens is 2. The minimum Gasteiger partial charge on any atom is -0.462 e. The molecular formula is C20H21N3O4S. The van der Waals surface area contributed by atoms with Crippen molar-refractivity contribution in [2.45, 2.75) is 33.7 Å². The van der Waals surface area contributed by atoms with Gasteiger partial charge in [-0.1, -0.05) is 19.1 Å². The first-order valence-corrected chi connectivity index (χ1v) is 9.85. The number of hydrogen-bond donors (Lipinski definition) is 1. The number of hydrogen-bond acceptors (Lipinski definition) is 6. The number of rotatable bonds is 6. The maximum atomic E-state index is 12.9. The minimum atomic E-state index is -0.504. The van der Waals surface area contributed by atoms with Gasteiger partial charge in [-0.15, -0.1) is 11.3 Å². The predicted octanol–water partition coefficient (Wildman–Crippen LogP) is 3.61. The van der Waals surface area contributed by atoms with Crippen LogP contribution in [0.2, 0.25) is 0 Å². The van der Waals surface area contributed by atoms with Crippen molar-refractivity contribution in [2.24, 2.45) is 0 Å². The molecule has 0 saturated carbocycles. The van der Waals surface area contributed by atoms with E-state index < -0.39 is 11.9 Å². The molecule has 3 rings (SSSR count). The molecule has 2 aromatic heterocycles. The number of para-hydroxylation sites is 1. The number of thiophene rings is 1. The van der Waals surface area contributed by atoms with E-state index >= 15 is 0 Å². The molecule has 0 radical (unpaired) electrons. The van der Waals surface area contributed by atoms with E-state index in [0.29, 0.717) is 32.9 Å². The molecule has 1 N–H and O–H groups in total. The Kier molecular flexibility index (Phi) is 5.89. The van der Waals surface area contributed by atoms with Crippen LogP contribution < -0.4 is 10.9 Å². The highest BCUT2D eigenvalue weighted by molar-refractivity contribution is 7.20. The van der Waals surface area contributed by atoms with Crippen molar-refractivity contribution in [3.63, 3.8) is 0 Å². The molecule has 0 atom stereocenters. The Morgan fingerprint density at radius 3 is 2.71 bits per heavy atom. The first kappa shape index (κ1) is 19.8. The molecule has 0 fully saturated rings. The second kappa shape index (κ2) is 8.35. The van der Waals surface area contributed by atoms with Crippen molar-refractivity contribution in [1.29, 1.82) is 0 Å². The SMILES string of the molecule is CCCn1cnc2sc(C(=O)Nc3ccccc3C(=O)OCC)c(C)c2c1=O. The first-order chi connectivity index (χ1) is 13.5. The third kappa shape index (κ3) is 3.68. The molecule has 0 aliphatic rings. The van der Waals surface area contributed by atoms with Gasteiger partial charge in [0.2, 0.25) is 0 Å². The van der Waals surface area contributed by atoms with Gasteiger partial charge in [0.25, 0.3) is 11.5 Å². The Labute approximate surface area is 166 Å². The summed E-state index contributed by atoms with van der Waals surface area (Å²) in [4.78, 5) is 42.9. The van der Waals surface area contributed by atoms with Crippen LogP contribution in [0, 0.1) is 6.92 Å². The van der Waals surface area contributed by atoms with Crippen molar-refractivity contribution in [1.82, 2.24) is 9.55 Å². The number of fused-ring (bicyclic) bond motifs is 1. The molecule has 146 valence electrons. The Bertz CT molecular complexity index is 1100. The fourth-order valence-electron chi connectivity index (χ4n) is 2.93. The average Bonchev–Trinajstić information content (AvgIpc) is 3.02. The molecular weight excluding hydrogens is 378 g/mol.